The molecule has 0 saturated carbocycles. The molecule has 0 aliphatic carbocycles. The fourth-order valence-electron chi connectivity index (χ4n) is 2.56. The van der Waals surface area contributed by atoms with Crippen LogP contribution in [0.1, 0.15) is 5.56 Å². The molecule has 0 spiro atoms. The van der Waals surface area contributed by atoms with Crippen molar-refractivity contribution in [1.29, 1.82) is 0 Å². The Bertz CT molecular complexity index is 821. The van der Waals surface area contributed by atoms with Gasteiger partial charge in [-0.3, -0.25) is 9.59 Å². The highest BCUT2D eigenvalue weighted by molar-refractivity contribution is 5.92. The molecule has 1 heterocycles. The molecule has 3 atom stereocenters. The van der Waals surface area contributed by atoms with Crippen molar-refractivity contribution in [3.8, 4) is 0 Å². The van der Waals surface area contributed by atoms with E-state index in [2.05, 4.69) is 10.3 Å². The van der Waals surface area contributed by atoms with E-state index in [-0.39, 0.29) is 6.42 Å². The average Bonchev–Trinajstić information content (AvgIpc) is 3.06. The molecule has 8 N–H and O–H groups in total. The number of carbonyl (C=O) groups is 3. The summed E-state index contributed by atoms with van der Waals surface area (Å²) in [4.78, 5) is 38.2. The van der Waals surface area contributed by atoms with Crippen LogP contribution in [0.2, 0.25) is 0 Å². The third-order valence-electron chi connectivity index (χ3n) is 4.06. The lowest BCUT2D eigenvalue weighted by Gasteiger charge is -2.20. The van der Waals surface area contributed by atoms with Crippen LogP contribution in [0.25, 0.3) is 10.9 Å². The number of carbonyl (C=O) groups excluding carboxylic acids is 2. The number of hydrogen-bond donors (Lipinski definition) is 7. The molecule has 2 aromatic rings. The summed E-state index contributed by atoms with van der Waals surface area (Å²) in [6.07, 6.45) is 1.94. The van der Waals surface area contributed by atoms with Crippen molar-refractivity contribution in [2.24, 2.45) is 5.73 Å². The Morgan fingerprint density at radius 3 is 2.30 bits per heavy atom. The lowest BCUT2D eigenvalue weighted by atomic mass is 10.0. The number of aliphatic hydroxyl groups is 2. The van der Waals surface area contributed by atoms with Gasteiger partial charge in [0.05, 0.1) is 19.3 Å². The van der Waals surface area contributed by atoms with E-state index in [0.29, 0.717) is 0 Å². The topological polar surface area (TPSA) is 178 Å². The number of hydrogen-bond acceptors (Lipinski definition) is 6. The zero-order chi connectivity index (χ0) is 20.0. The molecule has 0 bridgehead atoms. The van der Waals surface area contributed by atoms with Gasteiger partial charge in [-0.15, -0.1) is 0 Å². The lowest BCUT2D eigenvalue weighted by molar-refractivity contribution is -0.143. The normalized spacial score (nSPS) is 14.3. The first kappa shape index (κ1) is 20.4. The van der Waals surface area contributed by atoms with E-state index in [0.717, 1.165) is 16.5 Å². The van der Waals surface area contributed by atoms with Crippen molar-refractivity contribution in [1.82, 2.24) is 15.6 Å². The van der Waals surface area contributed by atoms with E-state index < -0.39 is 49.1 Å². The number of fused-ring (bicyclic) bond motifs is 1. The fraction of sp³-hybridized carbons (Fsp3) is 0.353. The summed E-state index contributed by atoms with van der Waals surface area (Å²) >= 11 is 0. The first-order valence-corrected chi connectivity index (χ1v) is 8.23. The number of aliphatic hydroxyl groups excluding tert-OH is 2. The van der Waals surface area contributed by atoms with Gasteiger partial charge in [-0.25, -0.2) is 4.79 Å². The van der Waals surface area contributed by atoms with Crippen LogP contribution >= 0.6 is 0 Å². The van der Waals surface area contributed by atoms with Gasteiger partial charge < -0.3 is 36.7 Å². The molecule has 0 aliphatic rings. The molecule has 0 fully saturated rings. The van der Waals surface area contributed by atoms with Crippen LogP contribution in [0.4, 0.5) is 0 Å². The molecule has 0 aliphatic heterocycles. The third kappa shape index (κ3) is 5.03. The van der Waals surface area contributed by atoms with Crippen LogP contribution in [0.3, 0.4) is 0 Å². The first-order chi connectivity index (χ1) is 12.9. The lowest BCUT2D eigenvalue weighted by Crippen LogP contribution is -2.56. The molecule has 27 heavy (non-hydrogen) atoms. The Balaban J connectivity index is 1.98. The van der Waals surface area contributed by atoms with E-state index in [1.54, 1.807) is 6.20 Å². The van der Waals surface area contributed by atoms with Crippen LogP contribution < -0.4 is 16.4 Å². The minimum absolute atomic E-state index is 0.198. The molecular formula is C17H22N4O6. The van der Waals surface area contributed by atoms with E-state index in [4.69, 9.17) is 15.9 Å². The van der Waals surface area contributed by atoms with E-state index in [1.165, 1.54) is 0 Å². The smallest absolute Gasteiger partial charge is 0.328 e. The van der Waals surface area contributed by atoms with Crippen LogP contribution in [-0.4, -0.2) is 69.4 Å². The number of rotatable bonds is 9. The molecule has 3 unspecified atom stereocenters. The fourth-order valence-corrected chi connectivity index (χ4v) is 2.56. The summed E-state index contributed by atoms with van der Waals surface area (Å²) in [5.74, 6) is -3.05. The zero-order valence-corrected chi connectivity index (χ0v) is 14.4. The minimum Gasteiger partial charge on any atom is -0.480 e. The van der Waals surface area contributed by atoms with Gasteiger partial charge in [0.2, 0.25) is 11.8 Å². The zero-order valence-electron chi connectivity index (χ0n) is 14.4. The highest BCUT2D eigenvalue weighted by Crippen LogP contribution is 2.18. The van der Waals surface area contributed by atoms with Gasteiger partial charge in [0.25, 0.3) is 0 Å². The van der Waals surface area contributed by atoms with Crippen LogP contribution in [0, 0.1) is 0 Å². The molecule has 2 amide bonds. The van der Waals surface area contributed by atoms with Crippen molar-refractivity contribution in [2.45, 2.75) is 24.5 Å². The number of amides is 2. The summed E-state index contributed by atoms with van der Waals surface area (Å²) in [5, 5.41) is 32.3. The maximum atomic E-state index is 12.3. The second kappa shape index (κ2) is 9.12. The van der Waals surface area contributed by atoms with Crippen LogP contribution in [-0.2, 0) is 20.8 Å². The van der Waals surface area contributed by atoms with Crippen molar-refractivity contribution in [3.63, 3.8) is 0 Å². The number of carboxylic acids is 1. The molecule has 146 valence electrons. The molecule has 10 heteroatoms. The number of nitrogens with two attached hydrogens (primary N) is 1. The second-order valence-corrected chi connectivity index (χ2v) is 6.00. The summed E-state index contributed by atoms with van der Waals surface area (Å²) in [6, 6.07) is 3.59. The Morgan fingerprint density at radius 2 is 1.67 bits per heavy atom. The molecule has 10 nitrogen and oxygen atoms in total. The van der Waals surface area contributed by atoms with Crippen molar-refractivity contribution < 1.29 is 29.7 Å². The number of para-hydroxylation sites is 1. The van der Waals surface area contributed by atoms with Gasteiger partial charge in [-0.05, 0) is 18.1 Å². The summed E-state index contributed by atoms with van der Waals surface area (Å²) in [6.45, 7) is -1.58. The Hall–Kier alpha value is -2.95. The van der Waals surface area contributed by atoms with Gasteiger partial charge in [0.15, 0.2) is 0 Å². The Kier molecular flexibility index (Phi) is 6.88. The highest BCUT2D eigenvalue weighted by atomic mass is 16.4. The second-order valence-electron chi connectivity index (χ2n) is 6.00. The Labute approximate surface area is 154 Å². The maximum Gasteiger partial charge on any atom is 0.328 e. The molecule has 0 radical (unpaired) electrons. The van der Waals surface area contributed by atoms with Crippen molar-refractivity contribution in [2.75, 3.05) is 13.2 Å². The van der Waals surface area contributed by atoms with Gasteiger partial charge in [-0.2, -0.15) is 0 Å². The van der Waals surface area contributed by atoms with Crippen molar-refractivity contribution >= 4 is 28.7 Å². The van der Waals surface area contributed by atoms with E-state index in [9.17, 15) is 19.5 Å². The number of aromatic amines is 1. The number of nitrogens with one attached hydrogen (secondary N) is 3. The SMILES string of the molecule is NC(Cc1c[nH]c2ccccc12)C(=O)NC(CO)C(=O)NC(CO)C(=O)O. The van der Waals surface area contributed by atoms with Gasteiger partial charge in [0, 0.05) is 17.1 Å². The Morgan fingerprint density at radius 1 is 1.04 bits per heavy atom. The number of aliphatic carboxylic acids is 1. The summed E-state index contributed by atoms with van der Waals surface area (Å²) < 4.78 is 0. The van der Waals surface area contributed by atoms with E-state index in [1.807, 2.05) is 29.6 Å². The minimum atomic E-state index is -1.54. The average molecular weight is 378 g/mol. The molecule has 1 aromatic carbocycles. The molecule has 0 saturated heterocycles. The summed E-state index contributed by atoms with van der Waals surface area (Å²) in [5.41, 5.74) is 7.63. The standard InChI is InChI=1S/C17H22N4O6/c18-11(5-9-6-19-12-4-2-1-3-10(9)12)15(24)20-13(7-22)16(25)21-14(8-23)17(26)27/h1-4,6,11,13-14,19,22-23H,5,7-8,18H2,(H,20,24)(H,21,25)(H,26,27). The molecule has 1 aromatic heterocycles. The number of aromatic nitrogens is 1. The number of carboxylic acid groups (broad SMARTS) is 1. The quantitative estimate of drug-likeness (QED) is 0.266. The van der Waals surface area contributed by atoms with Crippen molar-refractivity contribution in [3.05, 3.63) is 36.0 Å². The predicted octanol–water partition coefficient (Wildman–Crippen LogP) is -1.92. The van der Waals surface area contributed by atoms with Crippen LogP contribution in [0.5, 0.6) is 0 Å². The number of benzene rings is 1. The van der Waals surface area contributed by atoms with Crippen LogP contribution in [0.15, 0.2) is 30.5 Å². The van der Waals surface area contributed by atoms with Gasteiger partial charge in [-0.1, -0.05) is 18.2 Å². The first-order valence-electron chi connectivity index (χ1n) is 8.23. The third-order valence-corrected chi connectivity index (χ3v) is 4.06. The van der Waals surface area contributed by atoms with Gasteiger partial charge >= 0.3 is 5.97 Å². The van der Waals surface area contributed by atoms with E-state index >= 15 is 0 Å². The molecule has 2 rings (SSSR count). The monoisotopic (exact) mass is 378 g/mol. The van der Waals surface area contributed by atoms with Gasteiger partial charge in [0.1, 0.15) is 12.1 Å². The summed E-state index contributed by atoms with van der Waals surface area (Å²) in [7, 11) is 0. The largest absolute Gasteiger partial charge is 0.480 e. The number of H-pyrrole nitrogens is 1. The predicted molar refractivity (Wildman–Crippen MR) is 95.6 cm³/mol. The molecular weight excluding hydrogens is 356 g/mol. The maximum absolute atomic E-state index is 12.3. The highest BCUT2D eigenvalue weighted by Gasteiger charge is 2.27.